The topological polar surface area (TPSA) is 152 Å². The minimum atomic E-state index is -0.754. The third kappa shape index (κ3) is 6.21. The zero-order chi connectivity index (χ0) is 30.8. The number of phenolic OH excluding ortho intramolecular Hbond substituents is 1. The van der Waals surface area contributed by atoms with Crippen molar-refractivity contribution in [1.82, 2.24) is 20.5 Å². The van der Waals surface area contributed by atoms with Gasteiger partial charge in [0.05, 0.1) is 13.7 Å². The smallest absolute Gasteiger partial charge is 0.243 e. The highest BCUT2D eigenvalue weighted by atomic mass is 16.5. The van der Waals surface area contributed by atoms with Gasteiger partial charge in [0, 0.05) is 43.7 Å². The Morgan fingerprint density at radius 3 is 2.73 bits per heavy atom. The second kappa shape index (κ2) is 12.6. The van der Waals surface area contributed by atoms with Gasteiger partial charge in [-0.25, -0.2) is 4.98 Å². The first kappa shape index (κ1) is 29.5. The lowest BCUT2D eigenvalue weighted by Gasteiger charge is -2.24. The Kier molecular flexibility index (Phi) is 8.42. The van der Waals surface area contributed by atoms with Crippen molar-refractivity contribution in [3.8, 4) is 34.5 Å². The van der Waals surface area contributed by atoms with E-state index in [4.69, 9.17) is 18.6 Å². The molecule has 44 heavy (non-hydrogen) atoms. The van der Waals surface area contributed by atoms with E-state index in [9.17, 15) is 19.5 Å². The van der Waals surface area contributed by atoms with Gasteiger partial charge in [0.15, 0.2) is 23.0 Å². The fourth-order valence-electron chi connectivity index (χ4n) is 5.95. The van der Waals surface area contributed by atoms with Crippen molar-refractivity contribution >= 4 is 17.7 Å². The van der Waals surface area contributed by atoms with E-state index in [1.807, 2.05) is 0 Å². The van der Waals surface area contributed by atoms with Crippen LogP contribution in [0.4, 0.5) is 0 Å². The standard InChI is InChI=1S/C32H36N4O8/c1-18-23-16-33-31(40)24-15-22(34-30(39)20-9-11-42-12-10-20)17-36(24)29(38)8-4-19-3-6-25(37)27(13-19)44-28-14-21(32(35-23)43-18)5-7-26(28)41-2/h3,5-7,13-14,20,22,24,37H,4,8-12,15-17H2,1-2H3,(H,33,40)(H,34,39)/t22-,24-/m0/s1. The number of aromatic hydroxyl groups is 1. The second-order valence-electron chi connectivity index (χ2n) is 11.4. The summed E-state index contributed by atoms with van der Waals surface area (Å²) in [6.45, 7) is 3.19. The minimum absolute atomic E-state index is 0.0695. The van der Waals surface area contributed by atoms with Crippen LogP contribution in [0.5, 0.6) is 23.0 Å². The van der Waals surface area contributed by atoms with Crippen molar-refractivity contribution < 1.29 is 38.1 Å². The van der Waals surface area contributed by atoms with E-state index in [0.717, 1.165) is 5.56 Å². The molecular weight excluding hydrogens is 568 g/mol. The summed E-state index contributed by atoms with van der Waals surface area (Å²) in [5, 5.41) is 16.6. The molecule has 0 unspecified atom stereocenters. The van der Waals surface area contributed by atoms with Gasteiger partial charge in [-0.05, 0) is 68.5 Å². The summed E-state index contributed by atoms with van der Waals surface area (Å²) in [5.74, 6) is 1.03. The number of amides is 3. The van der Waals surface area contributed by atoms with Crippen molar-refractivity contribution in [2.24, 2.45) is 5.92 Å². The molecule has 3 amide bonds. The maximum atomic E-state index is 13.6. The molecule has 0 aliphatic carbocycles. The normalized spacial score (nSPS) is 21.0. The third-order valence-corrected chi connectivity index (χ3v) is 8.47. The molecule has 6 bridgehead atoms. The summed E-state index contributed by atoms with van der Waals surface area (Å²) in [6, 6.07) is 9.02. The van der Waals surface area contributed by atoms with Gasteiger partial charge in [0.2, 0.25) is 23.6 Å². The molecule has 232 valence electrons. The molecule has 1 aromatic heterocycles. The largest absolute Gasteiger partial charge is 0.504 e. The number of nitrogens with zero attached hydrogens (tertiary/aromatic N) is 2. The Hall–Kier alpha value is -4.58. The monoisotopic (exact) mass is 604 g/mol. The molecule has 3 N–H and O–H groups in total. The summed E-state index contributed by atoms with van der Waals surface area (Å²) in [4.78, 5) is 46.3. The van der Waals surface area contributed by atoms with Gasteiger partial charge in [-0.2, -0.15) is 0 Å². The number of phenols is 1. The highest BCUT2D eigenvalue weighted by Crippen LogP contribution is 2.39. The molecule has 12 nitrogen and oxygen atoms in total. The summed E-state index contributed by atoms with van der Waals surface area (Å²) in [6.07, 6.45) is 2.09. The van der Waals surface area contributed by atoms with Crippen molar-refractivity contribution in [1.29, 1.82) is 0 Å². The van der Waals surface area contributed by atoms with Crippen LogP contribution in [0.1, 0.15) is 42.7 Å². The van der Waals surface area contributed by atoms with Crippen LogP contribution >= 0.6 is 0 Å². The number of benzene rings is 2. The van der Waals surface area contributed by atoms with Gasteiger partial charge in [-0.15, -0.1) is 0 Å². The van der Waals surface area contributed by atoms with Crippen LogP contribution < -0.4 is 20.1 Å². The zero-order valence-electron chi connectivity index (χ0n) is 24.8. The lowest BCUT2D eigenvalue weighted by atomic mass is 9.99. The minimum Gasteiger partial charge on any atom is -0.504 e. The van der Waals surface area contributed by atoms with Gasteiger partial charge in [0.25, 0.3) is 0 Å². The number of oxazole rings is 1. The Morgan fingerprint density at radius 2 is 1.93 bits per heavy atom. The Bertz CT molecular complexity index is 1560. The van der Waals surface area contributed by atoms with Gasteiger partial charge < -0.3 is 39.3 Å². The number of methoxy groups -OCH3 is 1. The van der Waals surface area contributed by atoms with Crippen LogP contribution in [0.25, 0.3) is 11.5 Å². The maximum absolute atomic E-state index is 13.6. The zero-order valence-corrected chi connectivity index (χ0v) is 24.8. The van der Waals surface area contributed by atoms with Gasteiger partial charge in [-0.1, -0.05) is 6.07 Å². The Morgan fingerprint density at radius 1 is 1.11 bits per heavy atom. The number of aromatic nitrogens is 1. The van der Waals surface area contributed by atoms with Crippen LogP contribution in [0.15, 0.2) is 40.8 Å². The number of fused-ring (bicyclic) bond motifs is 8. The van der Waals surface area contributed by atoms with E-state index in [2.05, 4.69) is 15.6 Å². The van der Waals surface area contributed by atoms with Crippen LogP contribution in [-0.2, 0) is 32.1 Å². The number of hydrogen-bond acceptors (Lipinski definition) is 9. The average molecular weight is 605 g/mol. The second-order valence-corrected chi connectivity index (χ2v) is 11.4. The summed E-state index contributed by atoms with van der Waals surface area (Å²) < 4.78 is 22.9. The Labute approximate surface area is 254 Å². The number of carbonyl (C=O) groups is 3. The number of hydrogen-bond donors (Lipinski definition) is 3. The maximum Gasteiger partial charge on any atom is 0.243 e. The molecule has 6 rings (SSSR count). The average Bonchev–Trinajstić information content (AvgIpc) is 3.63. The first-order valence-electron chi connectivity index (χ1n) is 14.9. The van der Waals surface area contributed by atoms with Crippen LogP contribution in [0.3, 0.4) is 0 Å². The molecule has 2 aromatic carbocycles. The first-order valence-corrected chi connectivity index (χ1v) is 14.9. The molecule has 4 heterocycles. The van der Waals surface area contributed by atoms with Gasteiger partial charge >= 0.3 is 0 Å². The summed E-state index contributed by atoms with van der Waals surface area (Å²) >= 11 is 0. The van der Waals surface area contributed by atoms with E-state index in [1.54, 1.807) is 42.2 Å². The quantitative estimate of drug-likeness (QED) is 0.409. The Balaban J connectivity index is 1.30. The van der Waals surface area contributed by atoms with Crippen molar-refractivity contribution in [2.75, 3.05) is 26.9 Å². The number of ether oxygens (including phenoxy) is 3. The lowest BCUT2D eigenvalue weighted by molar-refractivity contribution is -0.138. The van der Waals surface area contributed by atoms with Crippen LogP contribution in [0, 0.1) is 12.8 Å². The molecule has 2 atom stereocenters. The predicted octanol–water partition coefficient (Wildman–Crippen LogP) is 3.23. The van der Waals surface area contributed by atoms with E-state index >= 15 is 0 Å². The number of aryl methyl sites for hydroxylation is 2. The molecule has 3 aromatic rings. The number of rotatable bonds is 3. The predicted molar refractivity (Wildman–Crippen MR) is 157 cm³/mol. The lowest BCUT2D eigenvalue weighted by Crippen LogP contribution is -2.46. The summed E-state index contributed by atoms with van der Waals surface area (Å²) in [5.41, 5.74) is 1.92. The third-order valence-electron chi connectivity index (χ3n) is 8.47. The fraction of sp³-hybridized carbons (Fsp3) is 0.438. The molecule has 2 fully saturated rings. The van der Waals surface area contributed by atoms with Crippen molar-refractivity contribution in [3.63, 3.8) is 0 Å². The van der Waals surface area contributed by atoms with Crippen LogP contribution in [0.2, 0.25) is 0 Å². The van der Waals surface area contributed by atoms with E-state index in [0.29, 0.717) is 73.3 Å². The SMILES string of the molecule is COc1ccc2cc1Oc1cc(ccc1O)CCC(=O)N1C[C@@H](NC(=O)C3CCOCC3)C[C@H]1C(=O)NCc1nc-2oc1C. The number of carbonyl (C=O) groups excluding carboxylic acids is 3. The molecule has 0 radical (unpaired) electrons. The van der Waals surface area contributed by atoms with E-state index in [-0.39, 0.29) is 60.7 Å². The van der Waals surface area contributed by atoms with E-state index in [1.165, 1.54) is 13.2 Å². The highest BCUT2D eigenvalue weighted by Gasteiger charge is 2.40. The number of nitrogens with one attached hydrogen (secondary N) is 2. The molecule has 3 aliphatic heterocycles. The van der Waals surface area contributed by atoms with Gasteiger partial charge in [-0.3, -0.25) is 14.4 Å². The van der Waals surface area contributed by atoms with Gasteiger partial charge in [0.1, 0.15) is 17.5 Å². The van der Waals surface area contributed by atoms with E-state index < -0.39 is 6.04 Å². The molecule has 0 spiro atoms. The highest BCUT2D eigenvalue weighted by molar-refractivity contribution is 5.89. The van der Waals surface area contributed by atoms with Crippen LogP contribution in [-0.4, -0.2) is 71.7 Å². The molecule has 12 heteroatoms. The van der Waals surface area contributed by atoms with Crippen molar-refractivity contribution in [2.45, 2.75) is 57.7 Å². The molecule has 2 saturated heterocycles. The first-order chi connectivity index (χ1) is 21.3. The molecule has 3 aliphatic rings. The molecular formula is C32H36N4O8. The van der Waals surface area contributed by atoms with Crippen molar-refractivity contribution in [3.05, 3.63) is 53.4 Å². The molecule has 0 saturated carbocycles. The summed E-state index contributed by atoms with van der Waals surface area (Å²) in [7, 11) is 1.52. The fourth-order valence-corrected chi connectivity index (χ4v) is 5.95.